The Bertz CT molecular complexity index is 1050. The fraction of sp³-hybridized carbons (Fsp3) is 0.500. The third-order valence-electron chi connectivity index (χ3n) is 6.50. The standard InChI is InChI=1S/C26H34F2N2O3S/c1-3-5-17-34(32,33)29-15-13-22(14-16-29)26(31)30(19-20-7-6-8-24(28)18-20)25(4-2)21-9-11-23(27)12-10-21/h6-12,18,22,25H,3-5,13-17,19H2,1-2H3. The second kappa shape index (κ2) is 11.9. The van der Waals surface area contributed by atoms with E-state index in [9.17, 15) is 22.0 Å². The van der Waals surface area contributed by atoms with Crippen molar-refractivity contribution in [1.29, 1.82) is 0 Å². The van der Waals surface area contributed by atoms with Crippen LogP contribution in [0.3, 0.4) is 0 Å². The van der Waals surface area contributed by atoms with Crippen LogP contribution in [0.1, 0.15) is 63.1 Å². The number of carbonyl (C=O) groups is 1. The first kappa shape index (κ1) is 26.3. The molecule has 1 fully saturated rings. The first-order valence-electron chi connectivity index (χ1n) is 12.0. The van der Waals surface area contributed by atoms with Gasteiger partial charge in [-0.2, -0.15) is 0 Å². The lowest BCUT2D eigenvalue weighted by Crippen LogP contribution is -2.45. The van der Waals surface area contributed by atoms with Crippen molar-refractivity contribution in [3.05, 3.63) is 71.3 Å². The fourth-order valence-electron chi connectivity index (χ4n) is 4.57. The molecule has 1 unspecified atom stereocenters. The average molecular weight is 493 g/mol. The monoisotopic (exact) mass is 492 g/mol. The Balaban J connectivity index is 1.81. The Morgan fingerprint density at radius 1 is 1.06 bits per heavy atom. The first-order valence-corrected chi connectivity index (χ1v) is 13.6. The maximum Gasteiger partial charge on any atom is 0.226 e. The molecule has 1 amide bonds. The predicted octanol–water partition coefficient (Wildman–Crippen LogP) is 5.29. The highest BCUT2D eigenvalue weighted by atomic mass is 32.2. The number of piperidine rings is 1. The van der Waals surface area contributed by atoms with E-state index in [-0.39, 0.29) is 41.8 Å². The van der Waals surface area contributed by atoms with E-state index in [1.165, 1.54) is 28.6 Å². The van der Waals surface area contributed by atoms with Crippen molar-refractivity contribution in [2.45, 2.75) is 58.5 Å². The molecule has 0 aliphatic carbocycles. The summed E-state index contributed by atoms with van der Waals surface area (Å²) in [4.78, 5) is 15.5. The van der Waals surface area contributed by atoms with Gasteiger partial charge in [0.15, 0.2) is 0 Å². The van der Waals surface area contributed by atoms with Crippen molar-refractivity contribution in [2.75, 3.05) is 18.8 Å². The van der Waals surface area contributed by atoms with E-state index in [4.69, 9.17) is 0 Å². The average Bonchev–Trinajstić information content (AvgIpc) is 2.83. The van der Waals surface area contributed by atoms with Crippen LogP contribution in [-0.4, -0.2) is 42.4 Å². The molecule has 2 aromatic rings. The molecule has 0 aromatic heterocycles. The summed E-state index contributed by atoms with van der Waals surface area (Å²) in [5, 5.41) is 0. The van der Waals surface area contributed by atoms with E-state index in [1.807, 2.05) is 13.8 Å². The van der Waals surface area contributed by atoms with E-state index in [0.29, 0.717) is 44.3 Å². The Kier molecular flexibility index (Phi) is 9.19. The maximum atomic E-state index is 13.9. The molecular formula is C26H34F2N2O3S. The zero-order valence-electron chi connectivity index (χ0n) is 19.9. The van der Waals surface area contributed by atoms with Gasteiger partial charge in [0.25, 0.3) is 0 Å². The van der Waals surface area contributed by atoms with Crippen LogP contribution in [0.25, 0.3) is 0 Å². The normalized spacial score (nSPS) is 16.4. The lowest BCUT2D eigenvalue weighted by Gasteiger charge is -2.37. The highest BCUT2D eigenvalue weighted by Crippen LogP contribution is 2.31. The molecule has 1 saturated heterocycles. The van der Waals surface area contributed by atoms with Crippen LogP contribution in [-0.2, 0) is 21.4 Å². The molecule has 1 heterocycles. The van der Waals surface area contributed by atoms with Gasteiger partial charge < -0.3 is 4.90 Å². The van der Waals surface area contributed by atoms with Crippen molar-refractivity contribution >= 4 is 15.9 Å². The van der Waals surface area contributed by atoms with Gasteiger partial charge >= 0.3 is 0 Å². The number of halogens is 2. The van der Waals surface area contributed by atoms with E-state index in [1.54, 1.807) is 29.2 Å². The van der Waals surface area contributed by atoms with E-state index in [2.05, 4.69) is 0 Å². The number of hydrogen-bond donors (Lipinski definition) is 0. The van der Waals surface area contributed by atoms with Crippen LogP contribution in [0.4, 0.5) is 8.78 Å². The van der Waals surface area contributed by atoms with E-state index >= 15 is 0 Å². The Hall–Kier alpha value is -2.32. The van der Waals surface area contributed by atoms with Crippen LogP contribution in [0, 0.1) is 17.6 Å². The number of nitrogens with zero attached hydrogens (tertiary/aromatic N) is 2. The van der Waals surface area contributed by atoms with E-state index < -0.39 is 10.0 Å². The Morgan fingerprint density at radius 2 is 1.74 bits per heavy atom. The molecule has 186 valence electrons. The third-order valence-corrected chi connectivity index (χ3v) is 8.45. The van der Waals surface area contributed by atoms with Crippen molar-refractivity contribution < 1.29 is 22.0 Å². The smallest absolute Gasteiger partial charge is 0.226 e. The largest absolute Gasteiger partial charge is 0.331 e. The van der Waals surface area contributed by atoms with Gasteiger partial charge in [-0.1, -0.05) is 44.5 Å². The van der Waals surface area contributed by atoms with Crippen LogP contribution < -0.4 is 0 Å². The molecule has 8 heteroatoms. The van der Waals surface area contributed by atoms with Gasteiger partial charge in [-0.3, -0.25) is 4.79 Å². The minimum atomic E-state index is -3.30. The summed E-state index contributed by atoms with van der Waals surface area (Å²) in [7, 11) is -3.30. The molecule has 0 bridgehead atoms. The summed E-state index contributed by atoms with van der Waals surface area (Å²) in [6.07, 6.45) is 2.94. The summed E-state index contributed by atoms with van der Waals surface area (Å²) in [5.74, 6) is -0.980. The van der Waals surface area contributed by atoms with Crippen molar-refractivity contribution in [3.8, 4) is 0 Å². The van der Waals surface area contributed by atoms with Crippen LogP contribution >= 0.6 is 0 Å². The van der Waals surface area contributed by atoms with Crippen molar-refractivity contribution in [1.82, 2.24) is 9.21 Å². The Labute approximate surface area is 201 Å². The van der Waals surface area contributed by atoms with Gasteiger partial charge in [0, 0.05) is 25.6 Å². The second-order valence-electron chi connectivity index (χ2n) is 8.91. The van der Waals surface area contributed by atoms with Crippen LogP contribution in [0.15, 0.2) is 48.5 Å². The van der Waals surface area contributed by atoms with E-state index in [0.717, 1.165) is 12.0 Å². The zero-order valence-corrected chi connectivity index (χ0v) is 20.7. The fourth-order valence-corrected chi connectivity index (χ4v) is 6.24. The van der Waals surface area contributed by atoms with Gasteiger partial charge in [0.05, 0.1) is 11.8 Å². The molecule has 0 N–H and O–H groups in total. The van der Waals surface area contributed by atoms with Gasteiger partial charge in [-0.25, -0.2) is 21.5 Å². The number of sulfonamides is 1. The molecule has 3 rings (SSSR count). The SMILES string of the molecule is CCCCS(=O)(=O)N1CCC(C(=O)N(Cc2cccc(F)c2)C(CC)c2ccc(F)cc2)CC1. The highest BCUT2D eigenvalue weighted by molar-refractivity contribution is 7.89. The molecule has 34 heavy (non-hydrogen) atoms. The molecule has 1 atom stereocenters. The summed E-state index contributed by atoms with van der Waals surface area (Å²) in [5.41, 5.74) is 1.49. The maximum absolute atomic E-state index is 13.9. The minimum absolute atomic E-state index is 0.0777. The molecule has 1 aliphatic heterocycles. The highest BCUT2D eigenvalue weighted by Gasteiger charge is 2.35. The van der Waals surface area contributed by atoms with Crippen LogP contribution in [0.5, 0.6) is 0 Å². The number of hydrogen-bond acceptors (Lipinski definition) is 3. The summed E-state index contributed by atoms with van der Waals surface area (Å²) in [6, 6.07) is 12.0. The lowest BCUT2D eigenvalue weighted by atomic mass is 9.93. The van der Waals surface area contributed by atoms with Gasteiger partial charge in [0.1, 0.15) is 11.6 Å². The molecule has 2 aromatic carbocycles. The van der Waals surface area contributed by atoms with Gasteiger partial charge in [-0.15, -0.1) is 0 Å². The number of carbonyl (C=O) groups excluding carboxylic acids is 1. The topological polar surface area (TPSA) is 57.7 Å². The Morgan fingerprint density at radius 3 is 2.32 bits per heavy atom. The number of rotatable bonds is 10. The molecule has 0 radical (unpaired) electrons. The number of unbranched alkanes of at least 4 members (excludes halogenated alkanes) is 1. The zero-order chi connectivity index (χ0) is 24.7. The minimum Gasteiger partial charge on any atom is -0.331 e. The summed E-state index contributed by atoms with van der Waals surface area (Å²) in [6.45, 7) is 4.79. The molecule has 1 aliphatic rings. The van der Waals surface area contributed by atoms with Gasteiger partial charge in [0.2, 0.25) is 15.9 Å². The summed E-state index contributed by atoms with van der Waals surface area (Å²) < 4.78 is 54.0. The van der Waals surface area contributed by atoms with Crippen LogP contribution in [0.2, 0.25) is 0 Å². The lowest BCUT2D eigenvalue weighted by molar-refractivity contribution is -0.140. The van der Waals surface area contributed by atoms with Crippen molar-refractivity contribution in [3.63, 3.8) is 0 Å². The number of amides is 1. The quantitative estimate of drug-likeness (QED) is 0.453. The predicted molar refractivity (Wildman–Crippen MR) is 129 cm³/mol. The van der Waals surface area contributed by atoms with Gasteiger partial charge in [-0.05, 0) is 61.1 Å². The first-order chi connectivity index (χ1) is 16.2. The number of benzene rings is 2. The third kappa shape index (κ3) is 6.63. The molecule has 0 saturated carbocycles. The second-order valence-corrected chi connectivity index (χ2v) is 11.0. The van der Waals surface area contributed by atoms with Crippen molar-refractivity contribution in [2.24, 2.45) is 5.92 Å². The molecular weight excluding hydrogens is 458 g/mol. The molecule has 5 nitrogen and oxygen atoms in total. The summed E-state index contributed by atoms with van der Waals surface area (Å²) >= 11 is 0. The molecule has 0 spiro atoms.